The van der Waals surface area contributed by atoms with Crippen molar-refractivity contribution in [2.24, 2.45) is 20.0 Å². The van der Waals surface area contributed by atoms with Crippen molar-refractivity contribution in [1.82, 2.24) is 19.7 Å². The summed E-state index contributed by atoms with van der Waals surface area (Å²) >= 11 is 6.03. The summed E-state index contributed by atoms with van der Waals surface area (Å²) in [5.74, 6) is -0.795. The van der Waals surface area contributed by atoms with Crippen molar-refractivity contribution in [3.63, 3.8) is 0 Å². The SMILES string of the molecule is CCC(C)C(=O)c1c(NC(=O)c2nc(Cl)ccc2Nc2cnc[n+](C)c2)cnn1C. The molecule has 0 saturated heterocycles. The summed E-state index contributed by atoms with van der Waals surface area (Å²) in [7, 11) is 3.50. The third-order valence-electron chi connectivity index (χ3n) is 4.64. The Hall–Kier alpha value is -3.33. The zero-order valence-electron chi connectivity index (χ0n) is 17.2. The van der Waals surface area contributed by atoms with Gasteiger partial charge >= 0.3 is 0 Å². The van der Waals surface area contributed by atoms with Crippen LogP contribution in [-0.2, 0) is 14.1 Å². The molecule has 0 radical (unpaired) electrons. The van der Waals surface area contributed by atoms with Gasteiger partial charge in [0.25, 0.3) is 12.2 Å². The van der Waals surface area contributed by atoms with Crippen LogP contribution in [-0.4, -0.2) is 31.4 Å². The number of Topliss-reactive ketones (excluding diaryl/α,β-unsaturated/α-hetero) is 1. The lowest BCUT2D eigenvalue weighted by molar-refractivity contribution is -0.673. The molecule has 0 bridgehead atoms. The summed E-state index contributed by atoms with van der Waals surface area (Å²) in [4.78, 5) is 34.0. The molecule has 0 aliphatic heterocycles. The topological polar surface area (TPSA) is 106 Å². The van der Waals surface area contributed by atoms with Gasteiger partial charge in [0, 0.05) is 13.0 Å². The summed E-state index contributed by atoms with van der Waals surface area (Å²) in [6, 6.07) is 3.24. The minimum Gasteiger partial charge on any atom is -0.348 e. The molecule has 3 heterocycles. The highest BCUT2D eigenvalue weighted by atomic mass is 35.5. The molecule has 0 aromatic carbocycles. The number of aryl methyl sites for hydroxylation is 2. The lowest BCUT2D eigenvalue weighted by atomic mass is 10.0. The number of rotatable bonds is 7. The summed E-state index contributed by atoms with van der Waals surface area (Å²) in [5, 5.41) is 10.2. The first-order valence-corrected chi connectivity index (χ1v) is 9.79. The maximum atomic E-state index is 13.0. The van der Waals surface area contributed by atoms with Crippen LogP contribution in [0.1, 0.15) is 41.2 Å². The van der Waals surface area contributed by atoms with Crippen LogP contribution in [0.4, 0.5) is 17.1 Å². The molecule has 0 saturated carbocycles. The normalized spacial score (nSPS) is 11.8. The van der Waals surface area contributed by atoms with Gasteiger partial charge in [0.15, 0.2) is 17.7 Å². The Morgan fingerprint density at radius 2 is 2.03 bits per heavy atom. The van der Waals surface area contributed by atoms with Gasteiger partial charge in [-0.1, -0.05) is 30.4 Å². The molecule has 10 heteroatoms. The Morgan fingerprint density at radius 1 is 1.27 bits per heavy atom. The number of nitrogens with zero attached hydrogens (tertiary/aromatic N) is 5. The first kappa shape index (κ1) is 21.4. The number of pyridine rings is 1. The van der Waals surface area contributed by atoms with Gasteiger partial charge in [0.1, 0.15) is 22.7 Å². The quantitative estimate of drug-likeness (QED) is 0.340. The van der Waals surface area contributed by atoms with E-state index in [1.54, 1.807) is 36.3 Å². The number of hydrogen-bond acceptors (Lipinski definition) is 6. The fourth-order valence-electron chi connectivity index (χ4n) is 2.86. The van der Waals surface area contributed by atoms with Gasteiger partial charge in [-0.15, -0.1) is 0 Å². The highest BCUT2D eigenvalue weighted by Gasteiger charge is 2.24. The van der Waals surface area contributed by atoms with Gasteiger partial charge in [-0.05, 0) is 18.6 Å². The first-order chi connectivity index (χ1) is 14.3. The van der Waals surface area contributed by atoms with Crippen LogP contribution in [0.5, 0.6) is 0 Å². The van der Waals surface area contributed by atoms with Crippen LogP contribution >= 0.6 is 11.6 Å². The van der Waals surface area contributed by atoms with Crippen molar-refractivity contribution in [2.45, 2.75) is 20.3 Å². The second kappa shape index (κ2) is 9.00. The molecule has 0 aliphatic rings. The number of anilines is 3. The fourth-order valence-corrected chi connectivity index (χ4v) is 3.00. The van der Waals surface area contributed by atoms with Crippen molar-refractivity contribution in [3.8, 4) is 0 Å². The zero-order chi connectivity index (χ0) is 21.8. The molecule has 0 fully saturated rings. The Kier molecular flexibility index (Phi) is 6.41. The maximum Gasteiger partial charge on any atom is 0.285 e. The van der Waals surface area contributed by atoms with Gasteiger partial charge in [0.05, 0.1) is 24.6 Å². The molecule has 3 aromatic heterocycles. The van der Waals surface area contributed by atoms with E-state index < -0.39 is 5.91 Å². The second-order valence-electron chi connectivity index (χ2n) is 6.96. The summed E-state index contributed by atoms with van der Waals surface area (Å²) < 4.78 is 3.23. The van der Waals surface area contributed by atoms with Crippen molar-refractivity contribution < 1.29 is 14.2 Å². The molecule has 30 heavy (non-hydrogen) atoms. The molecule has 1 atom stereocenters. The van der Waals surface area contributed by atoms with Gasteiger partial charge in [0.2, 0.25) is 0 Å². The van der Waals surface area contributed by atoms with Gasteiger partial charge in [-0.3, -0.25) is 14.3 Å². The number of nitrogens with one attached hydrogen (secondary N) is 2. The first-order valence-electron chi connectivity index (χ1n) is 9.41. The largest absolute Gasteiger partial charge is 0.348 e. The van der Waals surface area contributed by atoms with Crippen LogP contribution in [0.15, 0.2) is 37.1 Å². The molecular weight excluding hydrogens is 406 g/mol. The number of hydrogen-bond donors (Lipinski definition) is 2. The molecule has 0 spiro atoms. The summed E-state index contributed by atoms with van der Waals surface area (Å²) in [6.07, 6.45) is 7.22. The van der Waals surface area contributed by atoms with Crippen LogP contribution in [0.3, 0.4) is 0 Å². The van der Waals surface area contributed by atoms with E-state index in [4.69, 9.17) is 11.6 Å². The molecule has 1 unspecified atom stereocenters. The van der Waals surface area contributed by atoms with Crippen LogP contribution in [0.25, 0.3) is 0 Å². The Bertz CT molecular complexity index is 1100. The van der Waals surface area contributed by atoms with Gasteiger partial charge in [-0.25, -0.2) is 9.55 Å². The van der Waals surface area contributed by atoms with Crippen LogP contribution in [0, 0.1) is 5.92 Å². The lowest BCUT2D eigenvalue weighted by Crippen LogP contribution is -2.27. The fraction of sp³-hybridized carbons (Fsp3) is 0.300. The highest BCUT2D eigenvalue weighted by molar-refractivity contribution is 6.29. The average Bonchev–Trinajstić information content (AvgIpc) is 3.08. The standard InChI is InChI=1S/C20H22ClN7O2/c1-5-12(2)19(29)18-15(9-23-28(18)4)25-20(30)17-14(6-7-16(21)26-17)24-13-8-22-11-27(3)10-13/h6-12H,5H2,1-4H3,(H-,24,25,29,30)/p+1. The van der Waals surface area contributed by atoms with Crippen LogP contribution in [0.2, 0.25) is 5.15 Å². The molecular formula is C20H23ClN7O2+. The smallest absolute Gasteiger partial charge is 0.285 e. The number of halogens is 1. The van der Waals surface area contributed by atoms with Crippen molar-refractivity contribution in [2.75, 3.05) is 10.6 Å². The molecule has 1 amide bonds. The van der Waals surface area contributed by atoms with Gasteiger partial charge < -0.3 is 10.6 Å². The Balaban J connectivity index is 1.91. The third-order valence-corrected chi connectivity index (χ3v) is 4.85. The molecule has 0 aliphatic carbocycles. The lowest BCUT2D eigenvalue weighted by Gasteiger charge is -2.13. The van der Waals surface area contributed by atoms with Crippen molar-refractivity contribution in [1.29, 1.82) is 0 Å². The predicted molar refractivity (Wildman–Crippen MR) is 113 cm³/mol. The molecule has 9 nitrogen and oxygen atoms in total. The molecule has 3 rings (SSSR count). The van der Waals surface area contributed by atoms with Gasteiger partial charge in [-0.2, -0.15) is 5.10 Å². The van der Waals surface area contributed by atoms with Crippen molar-refractivity contribution in [3.05, 3.63) is 53.6 Å². The van der Waals surface area contributed by atoms with E-state index in [9.17, 15) is 9.59 Å². The Labute approximate surface area is 179 Å². The number of carbonyl (C=O) groups excluding carboxylic acids is 2. The van der Waals surface area contributed by atoms with E-state index >= 15 is 0 Å². The monoisotopic (exact) mass is 428 g/mol. The second-order valence-corrected chi connectivity index (χ2v) is 7.34. The molecule has 156 valence electrons. The summed E-state index contributed by atoms with van der Waals surface area (Å²) in [6.45, 7) is 3.78. The van der Waals surface area contributed by atoms with E-state index in [1.165, 1.54) is 10.9 Å². The van der Waals surface area contributed by atoms with E-state index in [2.05, 4.69) is 25.7 Å². The summed E-state index contributed by atoms with van der Waals surface area (Å²) in [5.41, 5.74) is 1.87. The number of amides is 1. The van der Waals surface area contributed by atoms with E-state index in [0.717, 1.165) is 0 Å². The third kappa shape index (κ3) is 4.62. The molecule has 3 aromatic rings. The Morgan fingerprint density at radius 3 is 2.73 bits per heavy atom. The number of carbonyl (C=O) groups is 2. The molecule has 2 N–H and O–H groups in total. The minimum absolute atomic E-state index is 0.0831. The number of ketones is 1. The van der Waals surface area contributed by atoms with E-state index in [0.29, 0.717) is 29.2 Å². The van der Waals surface area contributed by atoms with E-state index in [-0.39, 0.29) is 22.5 Å². The van der Waals surface area contributed by atoms with E-state index in [1.807, 2.05) is 27.1 Å². The minimum atomic E-state index is -0.514. The highest BCUT2D eigenvalue weighted by Crippen LogP contribution is 2.24. The number of aromatic nitrogens is 5. The van der Waals surface area contributed by atoms with Crippen LogP contribution < -0.4 is 15.2 Å². The maximum absolute atomic E-state index is 13.0. The zero-order valence-corrected chi connectivity index (χ0v) is 17.9. The van der Waals surface area contributed by atoms with Crippen molar-refractivity contribution >= 4 is 40.4 Å². The average molecular weight is 429 g/mol. The predicted octanol–water partition coefficient (Wildman–Crippen LogP) is 2.91.